The molecule has 0 fully saturated rings. The van der Waals surface area contributed by atoms with Crippen molar-refractivity contribution in [3.8, 4) is 0 Å². The highest BCUT2D eigenvalue weighted by Crippen LogP contribution is 2.37. The highest BCUT2D eigenvalue weighted by atomic mass is 35.5. The molecule has 0 radical (unpaired) electrons. The van der Waals surface area contributed by atoms with E-state index in [1.165, 1.54) is 18.1 Å². The molecule has 4 aromatic rings. The summed E-state index contributed by atoms with van der Waals surface area (Å²) in [5.41, 5.74) is 9.65. The molecule has 0 aliphatic carbocycles. The van der Waals surface area contributed by atoms with Crippen molar-refractivity contribution in [3.05, 3.63) is 71.6 Å². The summed E-state index contributed by atoms with van der Waals surface area (Å²) in [7, 11) is 0. The zero-order valence-corrected chi connectivity index (χ0v) is 16.1. The number of rotatable bonds is 4. The molecule has 0 amide bonds. The predicted molar refractivity (Wildman–Crippen MR) is 112 cm³/mol. The first kappa shape index (κ1) is 17.6. The fourth-order valence-corrected chi connectivity index (χ4v) is 3.78. The number of anilines is 3. The summed E-state index contributed by atoms with van der Waals surface area (Å²) in [6, 6.07) is 15.6. The maximum absolute atomic E-state index is 6.35. The van der Waals surface area contributed by atoms with Gasteiger partial charge in [-0.2, -0.15) is 0 Å². The van der Waals surface area contributed by atoms with E-state index in [9.17, 15) is 0 Å². The van der Waals surface area contributed by atoms with Crippen molar-refractivity contribution in [3.63, 3.8) is 0 Å². The molecule has 5 nitrogen and oxygen atoms in total. The minimum Gasteiger partial charge on any atom is -0.394 e. The summed E-state index contributed by atoms with van der Waals surface area (Å²) in [5.74, 6) is 0.547. The molecule has 0 aliphatic rings. The minimum absolute atomic E-state index is 0.481. The normalized spacial score (nSPS) is 10.9. The van der Waals surface area contributed by atoms with Gasteiger partial charge in [-0.3, -0.25) is 4.98 Å². The van der Waals surface area contributed by atoms with Gasteiger partial charge in [0.15, 0.2) is 5.82 Å². The van der Waals surface area contributed by atoms with Gasteiger partial charge in [0, 0.05) is 27.2 Å². The molecule has 0 atom stereocenters. The van der Waals surface area contributed by atoms with Crippen molar-refractivity contribution >= 4 is 51.5 Å². The molecule has 0 saturated heterocycles. The lowest BCUT2D eigenvalue weighted by molar-refractivity contribution is 1.06. The van der Waals surface area contributed by atoms with Crippen LogP contribution in [0.3, 0.4) is 0 Å². The molecule has 0 bridgehead atoms. The SMILES string of the molecule is Cc1ccc(Cl)cc1Nc1ncnc(Sc2cccc3cccnc23)c1N. The van der Waals surface area contributed by atoms with E-state index in [0.717, 1.165) is 27.0 Å². The molecular weight excluding hydrogens is 378 g/mol. The zero-order chi connectivity index (χ0) is 18.8. The van der Waals surface area contributed by atoms with Gasteiger partial charge in [0.05, 0.1) is 5.52 Å². The van der Waals surface area contributed by atoms with Crippen molar-refractivity contribution in [1.82, 2.24) is 15.0 Å². The maximum atomic E-state index is 6.35. The van der Waals surface area contributed by atoms with Crippen molar-refractivity contribution in [2.75, 3.05) is 11.1 Å². The number of fused-ring (bicyclic) bond motifs is 1. The van der Waals surface area contributed by atoms with Gasteiger partial charge < -0.3 is 11.1 Å². The van der Waals surface area contributed by atoms with Gasteiger partial charge in [-0.15, -0.1) is 0 Å². The summed E-state index contributed by atoms with van der Waals surface area (Å²) in [4.78, 5) is 14.1. The van der Waals surface area contributed by atoms with Crippen LogP contribution in [0.2, 0.25) is 5.02 Å². The number of nitrogen functional groups attached to an aromatic ring is 1. The first-order valence-electron chi connectivity index (χ1n) is 8.27. The molecule has 3 N–H and O–H groups in total. The second-order valence-corrected chi connectivity index (χ2v) is 7.43. The number of aryl methyl sites for hydroxylation is 1. The minimum atomic E-state index is 0.481. The van der Waals surface area contributed by atoms with Crippen LogP contribution in [-0.2, 0) is 0 Å². The Morgan fingerprint density at radius 1 is 1.04 bits per heavy atom. The van der Waals surface area contributed by atoms with Gasteiger partial charge in [0.25, 0.3) is 0 Å². The molecule has 4 rings (SSSR count). The van der Waals surface area contributed by atoms with Crippen molar-refractivity contribution in [2.24, 2.45) is 0 Å². The smallest absolute Gasteiger partial charge is 0.158 e. The van der Waals surface area contributed by atoms with Crippen LogP contribution in [0, 0.1) is 6.92 Å². The highest BCUT2D eigenvalue weighted by molar-refractivity contribution is 7.99. The number of pyridine rings is 1. The molecule has 2 aromatic heterocycles. The van der Waals surface area contributed by atoms with Gasteiger partial charge in [0.1, 0.15) is 17.0 Å². The lowest BCUT2D eigenvalue weighted by Gasteiger charge is -2.13. The van der Waals surface area contributed by atoms with Gasteiger partial charge >= 0.3 is 0 Å². The Balaban J connectivity index is 1.69. The van der Waals surface area contributed by atoms with Crippen LogP contribution in [-0.4, -0.2) is 15.0 Å². The average molecular weight is 394 g/mol. The molecule has 0 spiro atoms. The van der Waals surface area contributed by atoms with Crippen molar-refractivity contribution in [2.45, 2.75) is 16.8 Å². The van der Waals surface area contributed by atoms with Crippen molar-refractivity contribution in [1.29, 1.82) is 0 Å². The van der Waals surface area contributed by atoms with Crippen LogP contribution in [0.5, 0.6) is 0 Å². The second-order valence-electron chi connectivity index (χ2n) is 5.96. The number of nitrogens with zero attached hydrogens (tertiary/aromatic N) is 3. The Kier molecular flexibility index (Phi) is 4.83. The summed E-state index contributed by atoms with van der Waals surface area (Å²) in [6.45, 7) is 1.99. The average Bonchev–Trinajstić information content (AvgIpc) is 2.68. The Hall–Kier alpha value is -2.83. The van der Waals surface area contributed by atoms with Crippen LogP contribution in [0.15, 0.2) is 71.0 Å². The van der Waals surface area contributed by atoms with E-state index in [2.05, 4.69) is 20.3 Å². The third-order valence-electron chi connectivity index (χ3n) is 4.10. The Morgan fingerprint density at radius 2 is 1.89 bits per heavy atom. The fourth-order valence-electron chi connectivity index (χ4n) is 2.68. The number of hydrogen-bond acceptors (Lipinski definition) is 6. The molecule has 7 heteroatoms. The number of nitrogens with one attached hydrogen (secondary N) is 1. The lowest BCUT2D eigenvalue weighted by Crippen LogP contribution is -2.03. The van der Waals surface area contributed by atoms with Gasteiger partial charge in [-0.25, -0.2) is 9.97 Å². The van der Waals surface area contributed by atoms with E-state index in [-0.39, 0.29) is 0 Å². The van der Waals surface area contributed by atoms with Crippen LogP contribution in [0.1, 0.15) is 5.56 Å². The second kappa shape index (κ2) is 7.42. The summed E-state index contributed by atoms with van der Waals surface area (Å²) in [6.07, 6.45) is 3.28. The first-order valence-corrected chi connectivity index (χ1v) is 9.46. The largest absolute Gasteiger partial charge is 0.394 e. The number of aromatic nitrogens is 3. The van der Waals surface area contributed by atoms with E-state index in [4.69, 9.17) is 17.3 Å². The quantitative estimate of drug-likeness (QED) is 0.448. The number of benzene rings is 2. The monoisotopic (exact) mass is 393 g/mol. The number of halogens is 1. The summed E-state index contributed by atoms with van der Waals surface area (Å²) < 4.78 is 0. The third kappa shape index (κ3) is 3.67. The topological polar surface area (TPSA) is 76.7 Å². The molecule has 27 heavy (non-hydrogen) atoms. The number of para-hydroxylation sites is 1. The summed E-state index contributed by atoms with van der Waals surface area (Å²) >= 11 is 7.57. The molecule has 0 unspecified atom stereocenters. The lowest BCUT2D eigenvalue weighted by atomic mass is 10.2. The molecule has 2 heterocycles. The molecule has 2 aromatic carbocycles. The van der Waals surface area contributed by atoms with Crippen LogP contribution < -0.4 is 11.1 Å². The van der Waals surface area contributed by atoms with Crippen LogP contribution >= 0.6 is 23.4 Å². The van der Waals surface area contributed by atoms with E-state index < -0.39 is 0 Å². The molecule has 0 aliphatic heterocycles. The standard InChI is InChI=1S/C20H16ClN5S/c1-12-7-8-14(21)10-15(12)26-19-17(22)20(25-11-24-19)27-16-6-2-4-13-5-3-9-23-18(13)16/h2-11H,22H2,1H3,(H,24,25,26). The van der Waals surface area contributed by atoms with Crippen molar-refractivity contribution < 1.29 is 0 Å². The predicted octanol–water partition coefficient (Wildman–Crippen LogP) is 5.46. The highest BCUT2D eigenvalue weighted by Gasteiger charge is 2.13. The number of hydrogen-bond donors (Lipinski definition) is 2. The van der Waals surface area contributed by atoms with Gasteiger partial charge in [-0.05, 0) is 36.8 Å². The maximum Gasteiger partial charge on any atom is 0.158 e. The molecular formula is C20H16ClN5S. The van der Waals surface area contributed by atoms with Gasteiger partial charge in [-0.1, -0.05) is 47.6 Å². The Labute approximate surface area is 166 Å². The third-order valence-corrected chi connectivity index (χ3v) is 5.41. The Morgan fingerprint density at radius 3 is 2.78 bits per heavy atom. The Bertz CT molecular complexity index is 1130. The molecule has 0 saturated carbocycles. The van der Waals surface area contributed by atoms with Crippen LogP contribution in [0.4, 0.5) is 17.2 Å². The van der Waals surface area contributed by atoms with E-state index >= 15 is 0 Å². The number of nitrogens with two attached hydrogens (primary N) is 1. The van der Waals surface area contributed by atoms with Gasteiger partial charge in [0.2, 0.25) is 0 Å². The first-order chi connectivity index (χ1) is 13.1. The van der Waals surface area contributed by atoms with Crippen LogP contribution in [0.25, 0.3) is 10.9 Å². The van der Waals surface area contributed by atoms with E-state index in [1.54, 1.807) is 6.20 Å². The van der Waals surface area contributed by atoms with E-state index in [1.807, 2.05) is 55.5 Å². The zero-order valence-electron chi connectivity index (χ0n) is 14.5. The fraction of sp³-hybridized carbons (Fsp3) is 0.0500. The molecule has 134 valence electrons. The summed E-state index contributed by atoms with van der Waals surface area (Å²) in [5, 5.41) is 5.64. The van der Waals surface area contributed by atoms with E-state index in [0.29, 0.717) is 21.6 Å².